The molecule has 156 valence electrons. The molecule has 0 aromatic carbocycles. The highest BCUT2D eigenvalue weighted by molar-refractivity contribution is 5.85. The van der Waals surface area contributed by atoms with Gasteiger partial charge in [-0.15, -0.1) is 12.4 Å². The van der Waals surface area contributed by atoms with E-state index in [-0.39, 0.29) is 24.3 Å². The highest BCUT2D eigenvalue weighted by Crippen LogP contribution is 2.65. The lowest BCUT2D eigenvalue weighted by molar-refractivity contribution is -0.194. The topological polar surface area (TPSA) is 59.1 Å². The second kappa shape index (κ2) is 8.66. The molecule has 0 aromatic heterocycles. The number of carbonyl (C=O) groups excluding carboxylic acids is 2. The molecule has 0 amide bonds. The van der Waals surface area contributed by atoms with Crippen LogP contribution in [-0.4, -0.2) is 76.2 Å². The molecule has 0 atom stereocenters. The smallest absolute Gasteiger partial charge is 0.312 e. The van der Waals surface area contributed by atoms with E-state index in [1.807, 2.05) is 38.0 Å². The Labute approximate surface area is 169 Å². The minimum Gasteiger partial charge on any atom is -0.464 e. The van der Waals surface area contributed by atoms with Gasteiger partial charge < -0.3 is 19.3 Å². The van der Waals surface area contributed by atoms with Gasteiger partial charge in [-0.3, -0.25) is 9.59 Å². The zero-order valence-corrected chi connectivity index (χ0v) is 18.0. The Morgan fingerprint density at radius 2 is 1.19 bits per heavy atom. The number of nitrogens with zero attached hydrogens (tertiary/aromatic N) is 2. The predicted molar refractivity (Wildman–Crippen MR) is 106 cm³/mol. The molecule has 0 radical (unpaired) electrons. The van der Waals surface area contributed by atoms with Crippen LogP contribution in [0.4, 0.5) is 0 Å². The SMILES string of the molecule is CN(C)CCOC(=O)C12CC3CC(C1)CC(C(=O)OCCN(C)C)(C3)C2.Cl. The van der Waals surface area contributed by atoms with Crippen LogP contribution in [0, 0.1) is 22.7 Å². The van der Waals surface area contributed by atoms with E-state index in [0.29, 0.717) is 31.5 Å². The lowest BCUT2D eigenvalue weighted by Gasteiger charge is -2.59. The number of esters is 2. The first-order valence-corrected chi connectivity index (χ1v) is 9.89. The van der Waals surface area contributed by atoms with Gasteiger partial charge in [-0.05, 0) is 78.6 Å². The molecule has 4 fully saturated rings. The van der Waals surface area contributed by atoms with Crippen molar-refractivity contribution >= 4 is 24.3 Å². The Morgan fingerprint density at radius 1 is 0.815 bits per heavy atom. The van der Waals surface area contributed by atoms with Gasteiger partial charge in [-0.1, -0.05) is 0 Å². The number of halogens is 1. The number of hydrogen-bond acceptors (Lipinski definition) is 6. The minimum absolute atomic E-state index is 0. The van der Waals surface area contributed by atoms with Crippen LogP contribution in [0.5, 0.6) is 0 Å². The monoisotopic (exact) mass is 402 g/mol. The first kappa shape index (κ1) is 22.4. The summed E-state index contributed by atoms with van der Waals surface area (Å²) in [5.74, 6) is 0.746. The van der Waals surface area contributed by atoms with Crippen LogP contribution in [0.3, 0.4) is 0 Å². The van der Waals surface area contributed by atoms with E-state index >= 15 is 0 Å². The average molecular weight is 403 g/mol. The molecule has 4 bridgehead atoms. The van der Waals surface area contributed by atoms with Gasteiger partial charge >= 0.3 is 11.9 Å². The highest BCUT2D eigenvalue weighted by atomic mass is 35.5. The molecule has 6 nitrogen and oxygen atoms in total. The van der Waals surface area contributed by atoms with Gasteiger partial charge in [0.05, 0.1) is 10.8 Å². The molecule has 0 spiro atoms. The van der Waals surface area contributed by atoms with E-state index in [0.717, 1.165) is 45.2 Å². The molecule has 4 rings (SSSR count). The Hall–Kier alpha value is -0.850. The zero-order valence-electron chi connectivity index (χ0n) is 17.2. The third-order valence-corrected chi connectivity index (χ3v) is 6.47. The first-order chi connectivity index (χ1) is 12.2. The highest BCUT2D eigenvalue weighted by Gasteiger charge is 2.64. The summed E-state index contributed by atoms with van der Waals surface area (Å²) in [6, 6.07) is 0. The van der Waals surface area contributed by atoms with E-state index in [1.165, 1.54) is 0 Å². The fourth-order valence-electron chi connectivity index (χ4n) is 5.69. The van der Waals surface area contributed by atoms with E-state index < -0.39 is 10.8 Å². The molecule has 0 N–H and O–H groups in total. The Balaban J connectivity index is 0.00000261. The van der Waals surface area contributed by atoms with Crippen molar-refractivity contribution in [3.05, 3.63) is 0 Å². The molecular formula is C20H35ClN2O4. The molecule has 4 saturated carbocycles. The molecule has 0 unspecified atom stereocenters. The molecule has 0 heterocycles. The van der Waals surface area contributed by atoms with E-state index in [9.17, 15) is 9.59 Å². The maximum absolute atomic E-state index is 12.9. The molecule has 4 aliphatic carbocycles. The summed E-state index contributed by atoms with van der Waals surface area (Å²) in [5, 5.41) is 0. The van der Waals surface area contributed by atoms with Gasteiger partial charge in [0.25, 0.3) is 0 Å². The number of ether oxygens (including phenoxy) is 2. The van der Waals surface area contributed by atoms with Gasteiger partial charge in [0.1, 0.15) is 13.2 Å². The zero-order chi connectivity index (χ0) is 18.9. The number of hydrogen-bond donors (Lipinski definition) is 0. The summed E-state index contributed by atoms with van der Waals surface area (Å²) in [4.78, 5) is 29.9. The van der Waals surface area contributed by atoms with Crippen LogP contribution in [0.25, 0.3) is 0 Å². The number of rotatable bonds is 8. The lowest BCUT2D eigenvalue weighted by atomic mass is 9.44. The fourth-order valence-corrected chi connectivity index (χ4v) is 5.69. The van der Waals surface area contributed by atoms with Crippen molar-refractivity contribution in [2.75, 3.05) is 54.5 Å². The van der Waals surface area contributed by atoms with Crippen LogP contribution in [0.1, 0.15) is 38.5 Å². The molecule has 0 aromatic rings. The maximum atomic E-state index is 12.9. The van der Waals surface area contributed by atoms with Gasteiger partial charge in [0, 0.05) is 13.1 Å². The predicted octanol–water partition coefficient (Wildman–Crippen LogP) is 2.20. The summed E-state index contributed by atoms with van der Waals surface area (Å²) in [7, 11) is 7.88. The summed E-state index contributed by atoms with van der Waals surface area (Å²) >= 11 is 0. The minimum atomic E-state index is -0.461. The van der Waals surface area contributed by atoms with Crippen molar-refractivity contribution < 1.29 is 19.1 Å². The summed E-state index contributed by atoms with van der Waals surface area (Å²) in [6.45, 7) is 2.30. The third-order valence-electron chi connectivity index (χ3n) is 6.47. The van der Waals surface area contributed by atoms with E-state index in [1.54, 1.807) is 0 Å². The molecule has 4 aliphatic rings. The molecule has 27 heavy (non-hydrogen) atoms. The van der Waals surface area contributed by atoms with Crippen molar-refractivity contribution in [2.24, 2.45) is 22.7 Å². The Kier molecular flexibility index (Phi) is 7.20. The van der Waals surface area contributed by atoms with E-state index in [4.69, 9.17) is 9.47 Å². The maximum Gasteiger partial charge on any atom is 0.312 e. The van der Waals surface area contributed by atoms with Gasteiger partial charge in [0.2, 0.25) is 0 Å². The molecule has 0 saturated heterocycles. The van der Waals surface area contributed by atoms with Crippen LogP contribution in [-0.2, 0) is 19.1 Å². The van der Waals surface area contributed by atoms with Crippen molar-refractivity contribution in [3.8, 4) is 0 Å². The van der Waals surface area contributed by atoms with Crippen molar-refractivity contribution in [2.45, 2.75) is 38.5 Å². The van der Waals surface area contributed by atoms with Crippen molar-refractivity contribution in [1.29, 1.82) is 0 Å². The van der Waals surface area contributed by atoms with Crippen LogP contribution in [0.2, 0.25) is 0 Å². The van der Waals surface area contributed by atoms with Crippen LogP contribution in [0.15, 0.2) is 0 Å². The molecule has 7 heteroatoms. The number of likely N-dealkylation sites (N-methyl/N-ethyl adjacent to an activating group) is 2. The van der Waals surface area contributed by atoms with Crippen LogP contribution < -0.4 is 0 Å². The average Bonchev–Trinajstić information content (AvgIpc) is 2.52. The number of carbonyl (C=O) groups is 2. The van der Waals surface area contributed by atoms with Crippen LogP contribution >= 0.6 is 12.4 Å². The van der Waals surface area contributed by atoms with Crippen molar-refractivity contribution in [3.63, 3.8) is 0 Å². The molecule has 0 aliphatic heterocycles. The van der Waals surface area contributed by atoms with Gasteiger partial charge in [0.15, 0.2) is 0 Å². The van der Waals surface area contributed by atoms with Gasteiger partial charge in [-0.25, -0.2) is 0 Å². The third kappa shape index (κ3) is 4.77. The van der Waals surface area contributed by atoms with E-state index in [2.05, 4.69) is 0 Å². The first-order valence-electron chi connectivity index (χ1n) is 9.89. The van der Waals surface area contributed by atoms with Gasteiger partial charge in [-0.2, -0.15) is 0 Å². The Morgan fingerprint density at radius 3 is 1.52 bits per heavy atom. The Bertz CT molecular complexity index is 494. The quantitative estimate of drug-likeness (QED) is 0.580. The molecular weight excluding hydrogens is 368 g/mol. The largest absolute Gasteiger partial charge is 0.464 e. The fraction of sp³-hybridized carbons (Fsp3) is 0.900. The summed E-state index contributed by atoms with van der Waals surface area (Å²) in [6.07, 6.45) is 5.32. The lowest BCUT2D eigenvalue weighted by Crippen LogP contribution is -2.58. The summed E-state index contributed by atoms with van der Waals surface area (Å²) in [5.41, 5.74) is -0.923. The standard InChI is InChI=1S/C20H34N2O4.ClH/c1-21(2)5-7-25-17(23)19-10-15-9-16(11-19)13-20(12-15,14-19)18(24)26-8-6-22(3)4;/h15-16H,5-14H2,1-4H3;1H. The van der Waals surface area contributed by atoms with Crippen molar-refractivity contribution in [1.82, 2.24) is 9.80 Å². The summed E-state index contributed by atoms with van der Waals surface area (Å²) < 4.78 is 11.3. The second-order valence-electron chi connectivity index (χ2n) is 9.40. The normalized spacial score (nSPS) is 33.9. The second-order valence-corrected chi connectivity index (χ2v) is 9.40.